The molecule has 0 unspecified atom stereocenters. The van der Waals surface area contributed by atoms with Crippen LogP contribution in [0.4, 0.5) is 0 Å². The molecule has 0 aromatic heterocycles. The molecule has 1 rings (SSSR count). The third kappa shape index (κ3) is 4.84. The van der Waals surface area contributed by atoms with E-state index in [4.69, 9.17) is 0 Å². The Morgan fingerprint density at radius 1 is 0.938 bits per heavy atom. The van der Waals surface area contributed by atoms with E-state index in [0.717, 1.165) is 25.9 Å². The summed E-state index contributed by atoms with van der Waals surface area (Å²) in [6, 6.07) is 0. The molecule has 1 aliphatic heterocycles. The summed E-state index contributed by atoms with van der Waals surface area (Å²) in [5, 5.41) is 10.0. The molecule has 0 atom stereocenters. The van der Waals surface area contributed by atoms with Crippen molar-refractivity contribution in [1.82, 2.24) is 4.90 Å². The van der Waals surface area contributed by atoms with Crippen LogP contribution in [0.5, 0.6) is 0 Å². The van der Waals surface area contributed by atoms with Crippen LogP contribution in [0.3, 0.4) is 0 Å². The van der Waals surface area contributed by atoms with E-state index in [9.17, 15) is 5.11 Å². The molecule has 1 N–H and O–H groups in total. The van der Waals surface area contributed by atoms with Crippen molar-refractivity contribution in [2.45, 2.75) is 70.8 Å². The first-order valence-corrected chi connectivity index (χ1v) is 7.15. The SMILES string of the molecule is CCCCCCCCN1CC(O)(CCC)C1. The number of aliphatic hydroxyl groups is 1. The Balaban J connectivity index is 1.89. The van der Waals surface area contributed by atoms with E-state index in [1.165, 1.54) is 45.1 Å². The molecule has 0 aromatic carbocycles. The fourth-order valence-electron chi connectivity index (χ4n) is 2.68. The predicted octanol–water partition coefficient (Wildman–Crippen LogP) is 3.19. The molecular formula is C14H29NO. The summed E-state index contributed by atoms with van der Waals surface area (Å²) in [6.45, 7) is 7.42. The van der Waals surface area contributed by atoms with Crippen molar-refractivity contribution in [3.8, 4) is 0 Å². The maximum absolute atomic E-state index is 10.0. The van der Waals surface area contributed by atoms with Crippen LogP contribution in [0, 0.1) is 0 Å². The van der Waals surface area contributed by atoms with Crippen molar-refractivity contribution in [2.24, 2.45) is 0 Å². The van der Waals surface area contributed by atoms with Gasteiger partial charge in [0.2, 0.25) is 0 Å². The van der Waals surface area contributed by atoms with Gasteiger partial charge in [-0.2, -0.15) is 0 Å². The lowest BCUT2D eigenvalue weighted by Gasteiger charge is -2.46. The van der Waals surface area contributed by atoms with Crippen LogP contribution in [0.25, 0.3) is 0 Å². The fraction of sp³-hybridized carbons (Fsp3) is 1.00. The monoisotopic (exact) mass is 227 g/mol. The number of β-amino-alcohol motifs (C(OH)–C–C–N with tert-alkyl or cyclic N) is 1. The second-order valence-electron chi connectivity index (χ2n) is 5.45. The molecule has 1 fully saturated rings. The van der Waals surface area contributed by atoms with Gasteiger partial charge >= 0.3 is 0 Å². The van der Waals surface area contributed by atoms with Crippen LogP contribution >= 0.6 is 0 Å². The van der Waals surface area contributed by atoms with Crippen molar-refractivity contribution in [3.63, 3.8) is 0 Å². The normalized spacial score (nSPS) is 19.7. The Hall–Kier alpha value is -0.0800. The molecule has 0 radical (unpaired) electrons. The first-order valence-electron chi connectivity index (χ1n) is 7.15. The van der Waals surface area contributed by atoms with Crippen molar-refractivity contribution in [3.05, 3.63) is 0 Å². The first-order chi connectivity index (χ1) is 7.70. The van der Waals surface area contributed by atoms with Gasteiger partial charge < -0.3 is 5.11 Å². The second kappa shape index (κ2) is 7.29. The second-order valence-corrected chi connectivity index (χ2v) is 5.45. The van der Waals surface area contributed by atoms with E-state index in [1.807, 2.05) is 0 Å². The van der Waals surface area contributed by atoms with Gasteiger partial charge in [-0.15, -0.1) is 0 Å². The Morgan fingerprint density at radius 3 is 2.19 bits per heavy atom. The molecule has 0 amide bonds. The maximum atomic E-state index is 10.0. The predicted molar refractivity (Wildman–Crippen MR) is 69.7 cm³/mol. The Kier molecular flexibility index (Phi) is 6.37. The minimum Gasteiger partial charge on any atom is -0.387 e. The summed E-state index contributed by atoms with van der Waals surface area (Å²) in [6.07, 6.45) is 10.3. The lowest BCUT2D eigenvalue weighted by Crippen LogP contribution is -2.61. The molecule has 0 spiro atoms. The molecule has 1 aliphatic rings. The van der Waals surface area contributed by atoms with Crippen LogP contribution in [0.1, 0.15) is 65.2 Å². The Bertz CT molecular complexity index is 176. The molecular weight excluding hydrogens is 198 g/mol. The largest absolute Gasteiger partial charge is 0.387 e. The molecule has 0 aliphatic carbocycles. The van der Waals surface area contributed by atoms with Gasteiger partial charge in [-0.1, -0.05) is 52.4 Å². The topological polar surface area (TPSA) is 23.5 Å². The standard InChI is InChI=1S/C14H29NO/c1-3-5-6-7-8-9-11-15-12-14(16,13-15)10-4-2/h16H,3-13H2,1-2H3. The number of hydrogen-bond acceptors (Lipinski definition) is 2. The summed E-state index contributed by atoms with van der Waals surface area (Å²) in [5.41, 5.74) is -0.336. The fourth-order valence-corrected chi connectivity index (χ4v) is 2.68. The highest BCUT2D eigenvalue weighted by Crippen LogP contribution is 2.25. The molecule has 0 aromatic rings. The molecule has 1 saturated heterocycles. The Morgan fingerprint density at radius 2 is 1.56 bits per heavy atom. The van der Waals surface area contributed by atoms with E-state index >= 15 is 0 Å². The van der Waals surface area contributed by atoms with E-state index in [0.29, 0.717) is 0 Å². The summed E-state index contributed by atoms with van der Waals surface area (Å²) in [4.78, 5) is 2.40. The average molecular weight is 227 g/mol. The molecule has 16 heavy (non-hydrogen) atoms. The Labute approximate surface area is 101 Å². The van der Waals surface area contributed by atoms with Crippen LogP contribution in [0.2, 0.25) is 0 Å². The van der Waals surface area contributed by atoms with Gasteiger partial charge in [0.05, 0.1) is 5.60 Å². The minimum absolute atomic E-state index is 0.336. The van der Waals surface area contributed by atoms with Gasteiger partial charge in [-0.25, -0.2) is 0 Å². The van der Waals surface area contributed by atoms with Crippen molar-refractivity contribution in [2.75, 3.05) is 19.6 Å². The van der Waals surface area contributed by atoms with Crippen LogP contribution in [0.15, 0.2) is 0 Å². The zero-order valence-corrected chi connectivity index (χ0v) is 11.2. The van der Waals surface area contributed by atoms with E-state index < -0.39 is 0 Å². The van der Waals surface area contributed by atoms with Crippen LogP contribution in [-0.4, -0.2) is 35.2 Å². The summed E-state index contributed by atoms with van der Waals surface area (Å²) >= 11 is 0. The van der Waals surface area contributed by atoms with E-state index in [1.54, 1.807) is 0 Å². The molecule has 1 heterocycles. The summed E-state index contributed by atoms with van der Waals surface area (Å²) in [7, 11) is 0. The van der Waals surface area contributed by atoms with Gasteiger partial charge in [0.1, 0.15) is 0 Å². The van der Waals surface area contributed by atoms with Gasteiger partial charge in [-0.05, 0) is 19.4 Å². The maximum Gasteiger partial charge on any atom is 0.0900 e. The lowest BCUT2D eigenvalue weighted by molar-refractivity contribution is -0.103. The third-order valence-electron chi connectivity index (χ3n) is 3.58. The van der Waals surface area contributed by atoms with Crippen LogP contribution < -0.4 is 0 Å². The van der Waals surface area contributed by atoms with E-state index in [-0.39, 0.29) is 5.60 Å². The van der Waals surface area contributed by atoms with Gasteiger partial charge in [0.25, 0.3) is 0 Å². The molecule has 96 valence electrons. The lowest BCUT2D eigenvalue weighted by atomic mass is 9.89. The number of likely N-dealkylation sites (tertiary alicyclic amines) is 1. The number of nitrogens with zero attached hydrogens (tertiary/aromatic N) is 1. The zero-order valence-electron chi connectivity index (χ0n) is 11.2. The van der Waals surface area contributed by atoms with E-state index in [2.05, 4.69) is 18.7 Å². The third-order valence-corrected chi connectivity index (χ3v) is 3.58. The van der Waals surface area contributed by atoms with Crippen molar-refractivity contribution >= 4 is 0 Å². The smallest absolute Gasteiger partial charge is 0.0900 e. The van der Waals surface area contributed by atoms with Crippen molar-refractivity contribution in [1.29, 1.82) is 0 Å². The quantitative estimate of drug-likeness (QED) is 0.611. The number of hydrogen-bond donors (Lipinski definition) is 1. The molecule has 2 heteroatoms. The first kappa shape index (κ1) is 14.0. The highest BCUT2D eigenvalue weighted by atomic mass is 16.3. The van der Waals surface area contributed by atoms with Crippen LogP contribution in [-0.2, 0) is 0 Å². The van der Waals surface area contributed by atoms with Crippen molar-refractivity contribution < 1.29 is 5.11 Å². The molecule has 0 bridgehead atoms. The molecule has 2 nitrogen and oxygen atoms in total. The highest BCUT2D eigenvalue weighted by molar-refractivity contribution is 4.94. The van der Waals surface area contributed by atoms with Gasteiger partial charge in [0.15, 0.2) is 0 Å². The minimum atomic E-state index is -0.336. The average Bonchev–Trinajstić information content (AvgIpc) is 2.21. The summed E-state index contributed by atoms with van der Waals surface area (Å²) < 4.78 is 0. The number of rotatable bonds is 9. The zero-order chi connectivity index (χ0) is 11.9. The highest BCUT2D eigenvalue weighted by Gasteiger charge is 2.39. The van der Waals surface area contributed by atoms with Gasteiger partial charge in [-0.3, -0.25) is 4.90 Å². The summed E-state index contributed by atoms with van der Waals surface area (Å²) in [5.74, 6) is 0. The molecule has 0 saturated carbocycles. The van der Waals surface area contributed by atoms with Gasteiger partial charge in [0, 0.05) is 13.1 Å². The number of unbranched alkanes of at least 4 members (excludes halogenated alkanes) is 5.